The smallest absolute Gasteiger partial charge is 0.230 e. The Morgan fingerprint density at radius 1 is 1.00 bits per heavy atom. The average Bonchev–Trinajstić information content (AvgIpc) is 3.21. The van der Waals surface area contributed by atoms with Crippen molar-refractivity contribution in [3.63, 3.8) is 0 Å². The lowest BCUT2D eigenvalue weighted by molar-refractivity contribution is -0.122. The first kappa shape index (κ1) is 20.1. The Bertz CT molecular complexity index is 795. The van der Waals surface area contributed by atoms with Gasteiger partial charge >= 0.3 is 0 Å². The van der Waals surface area contributed by atoms with Gasteiger partial charge in [-0.15, -0.1) is 0 Å². The Labute approximate surface area is 167 Å². The number of nitrogens with zero attached hydrogens (tertiary/aromatic N) is 1. The van der Waals surface area contributed by atoms with E-state index < -0.39 is 0 Å². The van der Waals surface area contributed by atoms with Crippen LogP contribution in [0.4, 0.5) is 5.69 Å². The molecule has 0 bridgehead atoms. The molecule has 0 unspecified atom stereocenters. The molecule has 0 spiro atoms. The van der Waals surface area contributed by atoms with Crippen LogP contribution < -0.4 is 10.2 Å². The van der Waals surface area contributed by atoms with Gasteiger partial charge in [0.25, 0.3) is 0 Å². The first-order valence-electron chi connectivity index (χ1n) is 10.3. The molecule has 1 fully saturated rings. The summed E-state index contributed by atoms with van der Waals surface area (Å²) in [5.41, 5.74) is 2.90. The highest BCUT2D eigenvalue weighted by Crippen LogP contribution is 2.30. The standard InChI is InChI=1S/C24H30N2O2/c1-18(2)25-23(27)16-20-11-8-14-22(15-20)26(17-19-9-4-3-5-10-19)24(28)21-12-6-7-13-21/h3-5,8-11,14-15,18,21H,6-7,12-13,16-17H2,1-2H3,(H,25,27). The van der Waals surface area contributed by atoms with Crippen molar-refractivity contribution in [2.24, 2.45) is 5.92 Å². The van der Waals surface area contributed by atoms with E-state index in [4.69, 9.17) is 0 Å². The molecule has 0 radical (unpaired) electrons. The maximum Gasteiger partial charge on any atom is 0.230 e. The molecule has 2 aromatic rings. The average molecular weight is 379 g/mol. The van der Waals surface area contributed by atoms with Gasteiger partial charge in [0.2, 0.25) is 11.8 Å². The molecule has 28 heavy (non-hydrogen) atoms. The highest BCUT2D eigenvalue weighted by molar-refractivity contribution is 5.95. The van der Waals surface area contributed by atoms with Crippen molar-refractivity contribution in [3.05, 3.63) is 65.7 Å². The molecular formula is C24H30N2O2. The number of hydrogen-bond acceptors (Lipinski definition) is 2. The minimum absolute atomic E-state index is 0.00359. The van der Waals surface area contributed by atoms with Gasteiger partial charge in [0, 0.05) is 17.6 Å². The van der Waals surface area contributed by atoms with Gasteiger partial charge in [-0.2, -0.15) is 0 Å². The number of carbonyl (C=O) groups excluding carboxylic acids is 2. The summed E-state index contributed by atoms with van der Waals surface area (Å²) in [4.78, 5) is 27.3. The van der Waals surface area contributed by atoms with Crippen LogP contribution in [-0.2, 0) is 22.6 Å². The Hall–Kier alpha value is -2.62. The molecule has 1 aliphatic rings. The third-order valence-corrected chi connectivity index (χ3v) is 5.19. The van der Waals surface area contributed by atoms with Crippen molar-refractivity contribution >= 4 is 17.5 Å². The second-order valence-electron chi connectivity index (χ2n) is 7.96. The van der Waals surface area contributed by atoms with E-state index in [0.29, 0.717) is 13.0 Å². The summed E-state index contributed by atoms with van der Waals surface area (Å²) in [6.45, 7) is 4.46. The molecule has 2 aromatic carbocycles. The lowest BCUT2D eigenvalue weighted by atomic mass is 10.0. The molecule has 3 rings (SSSR count). The Morgan fingerprint density at radius 3 is 2.36 bits per heavy atom. The van der Waals surface area contributed by atoms with Crippen molar-refractivity contribution < 1.29 is 9.59 Å². The summed E-state index contributed by atoms with van der Waals surface area (Å²) in [5.74, 6) is 0.311. The normalized spacial score (nSPS) is 14.2. The first-order chi connectivity index (χ1) is 13.5. The summed E-state index contributed by atoms with van der Waals surface area (Å²) in [6.07, 6.45) is 4.53. The monoisotopic (exact) mass is 378 g/mol. The van der Waals surface area contributed by atoms with Gasteiger partial charge in [0.15, 0.2) is 0 Å². The van der Waals surface area contributed by atoms with Crippen LogP contribution in [0, 0.1) is 5.92 Å². The number of carbonyl (C=O) groups is 2. The van der Waals surface area contributed by atoms with E-state index in [1.807, 2.05) is 61.2 Å². The van der Waals surface area contributed by atoms with E-state index in [1.54, 1.807) is 0 Å². The zero-order valence-electron chi connectivity index (χ0n) is 16.9. The number of anilines is 1. The highest BCUT2D eigenvalue weighted by atomic mass is 16.2. The number of benzene rings is 2. The Kier molecular flexibility index (Phi) is 6.85. The van der Waals surface area contributed by atoms with Crippen LogP contribution in [-0.4, -0.2) is 17.9 Å². The van der Waals surface area contributed by atoms with Crippen LogP contribution in [0.1, 0.15) is 50.7 Å². The summed E-state index contributed by atoms with van der Waals surface area (Å²) in [7, 11) is 0. The van der Waals surface area contributed by atoms with Crippen molar-refractivity contribution in [2.45, 2.75) is 58.5 Å². The molecule has 2 amide bonds. The van der Waals surface area contributed by atoms with Crippen LogP contribution in [0.3, 0.4) is 0 Å². The molecule has 0 saturated heterocycles. The zero-order chi connectivity index (χ0) is 19.9. The summed E-state index contributed by atoms with van der Waals surface area (Å²) < 4.78 is 0. The molecule has 0 atom stereocenters. The van der Waals surface area contributed by atoms with Crippen molar-refractivity contribution in [1.82, 2.24) is 5.32 Å². The number of hydrogen-bond donors (Lipinski definition) is 1. The van der Waals surface area contributed by atoms with Crippen LogP contribution in [0.2, 0.25) is 0 Å². The Morgan fingerprint density at radius 2 is 1.68 bits per heavy atom. The molecule has 1 aliphatic carbocycles. The van der Waals surface area contributed by atoms with Crippen LogP contribution >= 0.6 is 0 Å². The second kappa shape index (κ2) is 9.54. The topological polar surface area (TPSA) is 49.4 Å². The summed E-state index contributed by atoms with van der Waals surface area (Å²) >= 11 is 0. The van der Waals surface area contributed by atoms with Gasteiger partial charge in [-0.3, -0.25) is 9.59 Å². The maximum absolute atomic E-state index is 13.3. The molecule has 0 heterocycles. The second-order valence-corrected chi connectivity index (χ2v) is 7.96. The van der Waals surface area contributed by atoms with E-state index in [1.165, 1.54) is 0 Å². The predicted octanol–water partition coefficient (Wildman–Crippen LogP) is 4.48. The Balaban J connectivity index is 1.83. The zero-order valence-corrected chi connectivity index (χ0v) is 16.9. The lowest BCUT2D eigenvalue weighted by Gasteiger charge is -2.26. The fourth-order valence-electron chi connectivity index (χ4n) is 3.85. The molecule has 4 nitrogen and oxygen atoms in total. The fourth-order valence-corrected chi connectivity index (χ4v) is 3.85. The predicted molar refractivity (Wildman–Crippen MR) is 113 cm³/mol. The van der Waals surface area contributed by atoms with E-state index in [-0.39, 0.29) is 23.8 Å². The maximum atomic E-state index is 13.3. The van der Waals surface area contributed by atoms with E-state index in [2.05, 4.69) is 17.4 Å². The lowest BCUT2D eigenvalue weighted by Crippen LogP contribution is -2.35. The van der Waals surface area contributed by atoms with Crippen LogP contribution in [0.25, 0.3) is 0 Å². The van der Waals surface area contributed by atoms with Gasteiger partial charge < -0.3 is 10.2 Å². The highest BCUT2D eigenvalue weighted by Gasteiger charge is 2.28. The quantitative estimate of drug-likeness (QED) is 0.772. The number of nitrogens with one attached hydrogen (secondary N) is 1. The van der Waals surface area contributed by atoms with E-state index in [0.717, 1.165) is 42.5 Å². The van der Waals surface area contributed by atoms with E-state index >= 15 is 0 Å². The third-order valence-electron chi connectivity index (χ3n) is 5.19. The minimum Gasteiger partial charge on any atom is -0.354 e. The summed E-state index contributed by atoms with van der Waals surface area (Å²) in [5, 5.41) is 2.93. The van der Waals surface area contributed by atoms with Gasteiger partial charge in [0.1, 0.15) is 0 Å². The van der Waals surface area contributed by atoms with Crippen molar-refractivity contribution in [2.75, 3.05) is 4.90 Å². The van der Waals surface area contributed by atoms with Crippen molar-refractivity contribution in [3.8, 4) is 0 Å². The first-order valence-corrected chi connectivity index (χ1v) is 10.3. The molecule has 0 aliphatic heterocycles. The minimum atomic E-state index is 0.00359. The van der Waals surface area contributed by atoms with Crippen LogP contribution in [0.15, 0.2) is 54.6 Å². The fraction of sp³-hybridized carbons (Fsp3) is 0.417. The van der Waals surface area contributed by atoms with Gasteiger partial charge in [-0.1, -0.05) is 55.3 Å². The number of amides is 2. The largest absolute Gasteiger partial charge is 0.354 e. The van der Waals surface area contributed by atoms with Gasteiger partial charge in [-0.25, -0.2) is 0 Å². The van der Waals surface area contributed by atoms with Crippen molar-refractivity contribution in [1.29, 1.82) is 0 Å². The summed E-state index contributed by atoms with van der Waals surface area (Å²) in [6, 6.07) is 18.0. The van der Waals surface area contributed by atoms with Crippen LogP contribution in [0.5, 0.6) is 0 Å². The molecule has 148 valence electrons. The van der Waals surface area contributed by atoms with Gasteiger partial charge in [-0.05, 0) is 49.9 Å². The molecule has 4 heteroatoms. The SMILES string of the molecule is CC(C)NC(=O)Cc1cccc(N(Cc2ccccc2)C(=O)C2CCCC2)c1. The molecule has 1 saturated carbocycles. The van der Waals surface area contributed by atoms with E-state index in [9.17, 15) is 9.59 Å². The number of rotatable bonds is 7. The third kappa shape index (κ3) is 5.44. The molecular weight excluding hydrogens is 348 g/mol. The molecule has 1 N–H and O–H groups in total. The van der Waals surface area contributed by atoms with Gasteiger partial charge in [0.05, 0.1) is 13.0 Å². The molecule has 0 aromatic heterocycles.